The molecule has 0 fully saturated rings. The summed E-state index contributed by atoms with van der Waals surface area (Å²) in [6, 6.07) is 0. The SMILES string of the molecule is CCCCOC(=O)CC=CC(=O)O. The Hall–Kier alpha value is -1.32. The zero-order valence-corrected chi connectivity index (χ0v) is 7.66. The number of unbranched alkanes of at least 4 members (excludes halogenated alkanes) is 1. The number of rotatable bonds is 6. The van der Waals surface area contributed by atoms with E-state index in [4.69, 9.17) is 9.84 Å². The number of carbonyl (C=O) groups excluding carboxylic acids is 1. The van der Waals surface area contributed by atoms with Gasteiger partial charge in [0.05, 0.1) is 13.0 Å². The van der Waals surface area contributed by atoms with Crippen molar-refractivity contribution in [1.82, 2.24) is 0 Å². The normalized spacial score (nSPS) is 10.2. The van der Waals surface area contributed by atoms with Gasteiger partial charge in [-0.2, -0.15) is 0 Å². The molecular formula is C9H14O4. The van der Waals surface area contributed by atoms with E-state index >= 15 is 0 Å². The monoisotopic (exact) mass is 186 g/mol. The molecule has 0 unspecified atom stereocenters. The van der Waals surface area contributed by atoms with E-state index in [0.29, 0.717) is 6.61 Å². The molecule has 0 bridgehead atoms. The quantitative estimate of drug-likeness (QED) is 0.386. The van der Waals surface area contributed by atoms with Gasteiger partial charge in [0.15, 0.2) is 0 Å². The number of hydrogen-bond donors (Lipinski definition) is 1. The lowest BCUT2D eigenvalue weighted by Gasteiger charge is -1.99. The maximum Gasteiger partial charge on any atom is 0.327 e. The first-order valence-electron chi connectivity index (χ1n) is 4.22. The van der Waals surface area contributed by atoms with Crippen LogP contribution in [0.3, 0.4) is 0 Å². The summed E-state index contributed by atoms with van der Waals surface area (Å²) in [5, 5.41) is 8.20. The predicted molar refractivity (Wildman–Crippen MR) is 47.3 cm³/mol. The minimum atomic E-state index is -1.05. The third kappa shape index (κ3) is 8.59. The molecule has 13 heavy (non-hydrogen) atoms. The van der Waals surface area contributed by atoms with Crippen LogP contribution >= 0.6 is 0 Å². The largest absolute Gasteiger partial charge is 0.478 e. The summed E-state index contributed by atoms with van der Waals surface area (Å²) in [5.41, 5.74) is 0. The first-order valence-corrected chi connectivity index (χ1v) is 4.22. The Morgan fingerprint density at radius 1 is 1.46 bits per heavy atom. The van der Waals surface area contributed by atoms with Crippen LogP contribution in [0.5, 0.6) is 0 Å². The molecule has 0 spiro atoms. The first-order chi connectivity index (χ1) is 6.16. The van der Waals surface area contributed by atoms with Crippen LogP contribution in [-0.2, 0) is 14.3 Å². The summed E-state index contributed by atoms with van der Waals surface area (Å²) in [4.78, 5) is 20.8. The molecule has 0 saturated heterocycles. The number of carboxylic acid groups (broad SMARTS) is 1. The lowest BCUT2D eigenvalue weighted by atomic mass is 10.3. The molecule has 0 rings (SSSR count). The van der Waals surface area contributed by atoms with E-state index in [-0.39, 0.29) is 12.4 Å². The molecule has 0 aromatic heterocycles. The number of carboxylic acids is 1. The van der Waals surface area contributed by atoms with Crippen LogP contribution in [0, 0.1) is 0 Å². The van der Waals surface area contributed by atoms with Gasteiger partial charge in [-0.1, -0.05) is 19.4 Å². The van der Waals surface area contributed by atoms with Crippen LogP contribution in [0.15, 0.2) is 12.2 Å². The molecule has 0 saturated carbocycles. The number of aliphatic carboxylic acids is 1. The fourth-order valence-electron chi connectivity index (χ4n) is 0.645. The van der Waals surface area contributed by atoms with E-state index in [1.165, 1.54) is 6.08 Å². The van der Waals surface area contributed by atoms with Crippen LogP contribution in [-0.4, -0.2) is 23.7 Å². The zero-order chi connectivity index (χ0) is 10.1. The van der Waals surface area contributed by atoms with E-state index in [0.717, 1.165) is 18.9 Å². The molecule has 0 aromatic rings. The van der Waals surface area contributed by atoms with Crippen molar-refractivity contribution in [2.45, 2.75) is 26.2 Å². The van der Waals surface area contributed by atoms with Crippen molar-refractivity contribution in [3.05, 3.63) is 12.2 Å². The number of esters is 1. The Bertz CT molecular complexity index is 196. The Labute approximate surface area is 77.2 Å². The van der Waals surface area contributed by atoms with Crippen LogP contribution < -0.4 is 0 Å². The molecule has 74 valence electrons. The second kappa shape index (κ2) is 7.34. The maximum atomic E-state index is 10.8. The molecule has 0 atom stereocenters. The summed E-state index contributed by atoms with van der Waals surface area (Å²) in [7, 11) is 0. The average Bonchev–Trinajstić information content (AvgIpc) is 2.04. The maximum absolute atomic E-state index is 10.8. The lowest BCUT2D eigenvalue weighted by molar-refractivity contribution is -0.142. The van der Waals surface area contributed by atoms with Gasteiger partial charge in [0.1, 0.15) is 0 Å². The molecule has 0 aliphatic carbocycles. The Morgan fingerprint density at radius 3 is 2.69 bits per heavy atom. The molecular weight excluding hydrogens is 172 g/mol. The van der Waals surface area contributed by atoms with Crippen molar-refractivity contribution in [3.63, 3.8) is 0 Å². The zero-order valence-electron chi connectivity index (χ0n) is 7.66. The van der Waals surface area contributed by atoms with Gasteiger partial charge in [0, 0.05) is 6.08 Å². The first kappa shape index (κ1) is 11.7. The molecule has 0 radical (unpaired) electrons. The standard InChI is InChI=1S/C9H14O4/c1-2-3-7-13-9(12)6-4-5-8(10)11/h4-5H,2-3,6-7H2,1H3,(H,10,11). The van der Waals surface area contributed by atoms with E-state index < -0.39 is 5.97 Å². The van der Waals surface area contributed by atoms with E-state index in [1.54, 1.807) is 0 Å². The molecule has 0 heterocycles. The topological polar surface area (TPSA) is 63.6 Å². The lowest BCUT2D eigenvalue weighted by Crippen LogP contribution is -2.04. The summed E-state index contributed by atoms with van der Waals surface area (Å²) in [5.74, 6) is -1.44. The summed E-state index contributed by atoms with van der Waals surface area (Å²) in [6.45, 7) is 2.41. The van der Waals surface area contributed by atoms with Gasteiger partial charge in [-0.05, 0) is 6.42 Å². The third-order valence-electron chi connectivity index (χ3n) is 1.31. The van der Waals surface area contributed by atoms with Crippen molar-refractivity contribution >= 4 is 11.9 Å². The van der Waals surface area contributed by atoms with Crippen molar-refractivity contribution in [3.8, 4) is 0 Å². The Kier molecular flexibility index (Phi) is 6.59. The van der Waals surface area contributed by atoms with Crippen molar-refractivity contribution in [2.75, 3.05) is 6.61 Å². The number of ether oxygens (including phenoxy) is 1. The molecule has 0 aliphatic heterocycles. The fraction of sp³-hybridized carbons (Fsp3) is 0.556. The molecule has 0 aliphatic rings. The van der Waals surface area contributed by atoms with Gasteiger partial charge < -0.3 is 9.84 Å². The third-order valence-corrected chi connectivity index (χ3v) is 1.31. The highest BCUT2D eigenvalue weighted by Gasteiger charge is 1.98. The molecule has 4 nitrogen and oxygen atoms in total. The van der Waals surface area contributed by atoms with Crippen LogP contribution in [0.1, 0.15) is 26.2 Å². The van der Waals surface area contributed by atoms with E-state index in [9.17, 15) is 9.59 Å². The van der Waals surface area contributed by atoms with Gasteiger partial charge >= 0.3 is 11.9 Å². The summed E-state index contributed by atoms with van der Waals surface area (Å²) < 4.78 is 4.78. The van der Waals surface area contributed by atoms with Gasteiger partial charge in [-0.25, -0.2) is 4.79 Å². The second-order valence-electron chi connectivity index (χ2n) is 2.52. The minimum Gasteiger partial charge on any atom is -0.478 e. The van der Waals surface area contributed by atoms with Crippen molar-refractivity contribution in [1.29, 1.82) is 0 Å². The highest BCUT2D eigenvalue weighted by Crippen LogP contribution is 1.92. The molecule has 0 aromatic carbocycles. The van der Waals surface area contributed by atoms with Gasteiger partial charge in [0.2, 0.25) is 0 Å². The molecule has 0 amide bonds. The second-order valence-corrected chi connectivity index (χ2v) is 2.52. The van der Waals surface area contributed by atoms with E-state index in [1.807, 2.05) is 6.92 Å². The fourth-order valence-corrected chi connectivity index (χ4v) is 0.645. The van der Waals surface area contributed by atoms with Gasteiger partial charge in [-0.3, -0.25) is 4.79 Å². The van der Waals surface area contributed by atoms with E-state index in [2.05, 4.69) is 0 Å². The summed E-state index contributed by atoms with van der Waals surface area (Å²) in [6.07, 6.45) is 4.04. The minimum absolute atomic E-state index is 0.0238. The van der Waals surface area contributed by atoms with Crippen molar-refractivity contribution in [2.24, 2.45) is 0 Å². The average molecular weight is 186 g/mol. The molecule has 1 N–H and O–H groups in total. The highest BCUT2D eigenvalue weighted by molar-refractivity contribution is 5.81. The van der Waals surface area contributed by atoms with Gasteiger partial charge in [-0.15, -0.1) is 0 Å². The highest BCUT2D eigenvalue weighted by atomic mass is 16.5. The predicted octanol–water partition coefficient (Wildman–Crippen LogP) is 1.36. The smallest absolute Gasteiger partial charge is 0.327 e. The van der Waals surface area contributed by atoms with Crippen molar-refractivity contribution < 1.29 is 19.4 Å². The summed E-state index contributed by atoms with van der Waals surface area (Å²) >= 11 is 0. The van der Waals surface area contributed by atoms with Crippen LogP contribution in [0.4, 0.5) is 0 Å². The van der Waals surface area contributed by atoms with Crippen LogP contribution in [0.2, 0.25) is 0 Å². The Morgan fingerprint density at radius 2 is 2.15 bits per heavy atom. The van der Waals surface area contributed by atoms with Gasteiger partial charge in [0.25, 0.3) is 0 Å². The number of carbonyl (C=O) groups is 2. The molecule has 4 heteroatoms. The van der Waals surface area contributed by atoms with Crippen LogP contribution in [0.25, 0.3) is 0 Å². The Balaban J connectivity index is 3.46. The number of hydrogen-bond acceptors (Lipinski definition) is 3.